The number of para-hydroxylation sites is 1. The van der Waals surface area contributed by atoms with Crippen LogP contribution in [0.4, 0.5) is 11.6 Å². The first-order valence-electron chi connectivity index (χ1n) is 13.3. The summed E-state index contributed by atoms with van der Waals surface area (Å²) in [5.41, 5.74) is 5.93. The zero-order chi connectivity index (χ0) is 27.3. The lowest BCUT2D eigenvalue weighted by atomic mass is 9.89. The molecule has 1 saturated carbocycles. The molecule has 0 radical (unpaired) electrons. The van der Waals surface area contributed by atoms with Crippen LogP contribution in [-0.2, 0) is 17.8 Å². The second-order valence-electron chi connectivity index (χ2n) is 10.6. The predicted octanol–water partition coefficient (Wildman–Crippen LogP) is 4.88. The van der Waals surface area contributed by atoms with Crippen LogP contribution in [0.15, 0.2) is 65.5 Å². The van der Waals surface area contributed by atoms with E-state index in [0.29, 0.717) is 54.0 Å². The van der Waals surface area contributed by atoms with Gasteiger partial charge in [0.1, 0.15) is 0 Å². The van der Waals surface area contributed by atoms with Crippen LogP contribution in [0, 0.1) is 6.92 Å². The van der Waals surface area contributed by atoms with E-state index >= 15 is 0 Å². The van der Waals surface area contributed by atoms with Gasteiger partial charge >= 0.3 is 5.97 Å². The molecule has 0 bridgehead atoms. The summed E-state index contributed by atoms with van der Waals surface area (Å²) < 4.78 is 6.77. The van der Waals surface area contributed by atoms with Gasteiger partial charge in [-0.3, -0.25) is 9.36 Å². The summed E-state index contributed by atoms with van der Waals surface area (Å²) in [6.45, 7) is 5.32. The maximum Gasteiger partial charge on any atom is 0.339 e. The maximum absolute atomic E-state index is 14.1. The molecule has 1 atom stereocenters. The first-order chi connectivity index (χ1) is 18.8. The molecule has 0 amide bonds. The smallest absolute Gasteiger partial charge is 0.339 e. The number of aromatic nitrogens is 2. The molecule has 200 valence electrons. The van der Waals surface area contributed by atoms with Gasteiger partial charge in [0.25, 0.3) is 5.56 Å². The number of methoxy groups -OCH3 is 1. The van der Waals surface area contributed by atoms with Crippen molar-refractivity contribution in [2.75, 3.05) is 17.3 Å². The second kappa shape index (κ2) is 9.85. The highest BCUT2D eigenvalue weighted by Crippen LogP contribution is 2.37. The third-order valence-electron chi connectivity index (χ3n) is 7.91. The van der Waals surface area contributed by atoms with Crippen LogP contribution in [0.25, 0.3) is 10.9 Å². The number of esters is 1. The van der Waals surface area contributed by atoms with Crippen molar-refractivity contribution in [2.45, 2.75) is 58.0 Å². The standard InChI is InChI=1S/C31H32N4O4/c1-18-12-25(19(2)32-27-11-7-6-10-24(27)30(38)39-3)28-26(13-18)29(37)35(22-14-23(36)15-22)31(33-28)34-16-20-8-4-5-9-21(20)17-34/h4-13,19,22-23,32,36H,14-17H2,1-3H3/t19?,22-,23-. The number of benzene rings is 3. The molecule has 8 nitrogen and oxygen atoms in total. The van der Waals surface area contributed by atoms with Crippen molar-refractivity contribution in [3.8, 4) is 0 Å². The van der Waals surface area contributed by atoms with E-state index in [-0.39, 0.29) is 17.6 Å². The molecule has 2 heterocycles. The summed E-state index contributed by atoms with van der Waals surface area (Å²) in [6, 6.07) is 19.1. The Hall–Kier alpha value is -4.17. The number of aliphatic hydroxyl groups excluding tert-OH is 1. The molecular formula is C31H32N4O4. The number of nitrogens with zero attached hydrogens (tertiary/aromatic N) is 3. The topological polar surface area (TPSA) is 96.7 Å². The van der Waals surface area contributed by atoms with E-state index in [2.05, 4.69) is 22.3 Å². The number of carbonyl (C=O) groups excluding carboxylic acids is 1. The molecule has 1 fully saturated rings. The Morgan fingerprint density at radius 2 is 1.74 bits per heavy atom. The highest BCUT2D eigenvalue weighted by Gasteiger charge is 2.35. The third-order valence-corrected chi connectivity index (χ3v) is 7.91. The lowest BCUT2D eigenvalue weighted by Crippen LogP contribution is -2.40. The number of aryl methyl sites for hydroxylation is 1. The van der Waals surface area contributed by atoms with Crippen LogP contribution < -0.4 is 15.8 Å². The van der Waals surface area contributed by atoms with Gasteiger partial charge < -0.3 is 20.1 Å². The van der Waals surface area contributed by atoms with Gasteiger partial charge in [-0.2, -0.15) is 0 Å². The Morgan fingerprint density at radius 3 is 2.41 bits per heavy atom. The van der Waals surface area contributed by atoms with Crippen molar-refractivity contribution < 1.29 is 14.6 Å². The van der Waals surface area contributed by atoms with Crippen LogP contribution >= 0.6 is 0 Å². The Morgan fingerprint density at radius 1 is 1.08 bits per heavy atom. The monoisotopic (exact) mass is 524 g/mol. The number of hydrogen-bond acceptors (Lipinski definition) is 7. The number of ether oxygens (including phenoxy) is 1. The maximum atomic E-state index is 14.1. The zero-order valence-corrected chi connectivity index (χ0v) is 22.3. The molecule has 1 aliphatic heterocycles. The summed E-state index contributed by atoms with van der Waals surface area (Å²) in [5, 5.41) is 14.1. The number of fused-ring (bicyclic) bond motifs is 2. The minimum Gasteiger partial charge on any atom is -0.465 e. The zero-order valence-electron chi connectivity index (χ0n) is 22.3. The first kappa shape index (κ1) is 25.1. The van der Waals surface area contributed by atoms with Crippen LogP contribution in [-0.4, -0.2) is 33.8 Å². The van der Waals surface area contributed by atoms with Gasteiger partial charge in [-0.15, -0.1) is 0 Å². The molecule has 1 unspecified atom stereocenters. The van der Waals surface area contributed by atoms with Gasteiger partial charge in [0.2, 0.25) is 5.95 Å². The fraction of sp³-hybridized carbons (Fsp3) is 0.323. The Labute approximate surface area is 226 Å². The Kier molecular flexibility index (Phi) is 6.35. The number of hydrogen-bond donors (Lipinski definition) is 2. The van der Waals surface area contributed by atoms with E-state index in [4.69, 9.17) is 9.72 Å². The van der Waals surface area contributed by atoms with Crippen LogP contribution in [0.2, 0.25) is 0 Å². The molecule has 1 aliphatic carbocycles. The number of aliphatic hydroxyl groups is 1. The number of nitrogens with one attached hydrogen (secondary N) is 1. The fourth-order valence-corrected chi connectivity index (χ4v) is 5.80. The van der Waals surface area contributed by atoms with E-state index in [1.165, 1.54) is 18.2 Å². The minimum absolute atomic E-state index is 0.0880. The van der Waals surface area contributed by atoms with Gasteiger partial charge in [0.15, 0.2) is 0 Å². The van der Waals surface area contributed by atoms with Crippen molar-refractivity contribution in [3.05, 3.63) is 98.8 Å². The van der Waals surface area contributed by atoms with Gasteiger partial charge in [-0.25, -0.2) is 9.78 Å². The summed E-state index contributed by atoms with van der Waals surface area (Å²) in [6.07, 6.45) is 0.692. The lowest BCUT2D eigenvalue weighted by Gasteiger charge is -2.36. The second-order valence-corrected chi connectivity index (χ2v) is 10.6. The number of carbonyl (C=O) groups is 1. The third kappa shape index (κ3) is 4.44. The van der Waals surface area contributed by atoms with Crippen LogP contribution in [0.1, 0.15) is 64.5 Å². The molecule has 0 saturated heterocycles. The number of rotatable bonds is 6. The predicted molar refractivity (Wildman–Crippen MR) is 151 cm³/mol. The van der Waals surface area contributed by atoms with Crippen molar-refractivity contribution in [3.63, 3.8) is 0 Å². The fourth-order valence-electron chi connectivity index (χ4n) is 5.80. The molecule has 2 N–H and O–H groups in total. The molecule has 4 aromatic rings. The Bertz CT molecular complexity index is 1610. The van der Waals surface area contributed by atoms with Gasteiger partial charge in [-0.05, 0) is 61.6 Å². The van der Waals surface area contributed by atoms with Crippen LogP contribution in [0.3, 0.4) is 0 Å². The lowest BCUT2D eigenvalue weighted by molar-refractivity contribution is 0.0474. The molecular weight excluding hydrogens is 492 g/mol. The van der Waals surface area contributed by atoms with Crippen molar-refractivity contribution in [2.24, 2.45) is 0 Å². The molecule has 6 rings (SSSR count). The van der Waals surface area contributed by atoms with Gasteiger partial charge in [0, 0.05) is 30.4 Å². The molecule has 1 aromatic heterocycles. The average molecular weight is 525 g/mol. The highest BCUT2D eigenvalue weighted by molar-refractivity contribution is 5.95. The van der Waals surface area contributed by atoms with E-state index in [9.17, 15) is 14.7 Å². The Balaban J connectivity index is 1.48. The van der Waals surface area contributed by atoms with Gasteiger partial charge in [-0.1, -0.05) is 42.5 Å². The van der Waals surface area contributed by atoms with E-state index in [1.807, 2.05) is 50.2 Å². The average Bonchev–Trinajstić information content (AvgIpc) is 3.35. The first-order valence-corrected chi connectivity index (χ1v) is 13.3. The highest BCUT2D eigenvalue weighted by atomic mass is 16.5. The van der Waals surface area contributed by atoms with Crippen molar-refractivity contribution in [1.82, 2.24) is 9.55 Å². The molecule has 39 heavy (non-hydrogen) atoms. The van der Waals surface area contributed by atoms with E-state index in [1.54, 1.807) is 16.7 Å². The molecule has 0 spiro atoms. The summed E-state index contributed by atoms with van der Waals surface area (Å²) >= 11 is 0. The summed E-state index contributed by atoms with van der Waals surface area (Å²) in [5.74, 6) is 0.215. The van der Waals surface area contributed by atoms with E-state index in [0.717, 1.165) is 11.1 Å². The largest absolute Gasteiger partial charge is 0.465 e. The normalized spacial score (nSPS) is 18.9. The van der Waals surface area contributed by atoms with Crippen molar-refractivity contribution >= 4 is 28.5 Å². The summed E-state index contributed by atoms with van der Waals surface area (Å²) in [4.78, 5) is 33.8. The van der Waals surface area contributed by atoms with Gasteiger partial charge in [0.05, 0.1) is 35.7 Å². The molecule has 3 aromatic carbocycles. The SMILES string of the molecule is COC(=O)c1ccccc1NC(C)c1cc(C)cc2c(=O)n([C@H]3C[C@H](O)C3)c(N3Cc4ccccc4C3)nc12. The molecule has 2 aliphatic rings. The van der Waals surface area contributed by atoms with E-state index < -0.39 is 12.1 Å². The minimum atomic E-state index is -0.418. The number of anilines is 2. The summed E-state index contributed by atoms with van der Waals surface area (Å²) in [7, 11) is 1.37. The quantitative estimate of drug-likeness (QED) is 0.347. The van der Waals surface area contributed by atoms with Crippen molar-refractivity contribution in [1.29, 1.82) is 0 Å². The molecule has 8 heteroatoms. The van der Waals surface area contributed by atoms with Crippen LogP contribution in [0.5, 0.6) is 0 Å².